The number of hydrogen-bond acceptors (Lipinski definition) is 3. The third-order valence-corrected chi connectivity index (χ3v) is 1.56. The van der Waals surface area contributed by atoms with E-state index in [2.05, 4.69) is 6.58 Å². The van der Waals surface area contributed by atoms with Crippen LogP contribution in [0.4, 0.5) is 0 Å². The van der Waals surface area contributed by atoms with E-state index in [9.17, 15) is 5.11 Å². The Morgan fingerprint density at radius 1 is 1.42 bits per heavy atom. The van der Waals surface area contributed by atoms with Crippen molar-refractivity contribution < 1.29 is 14.9 Å². The van der Waals surface area contributed by atoms with E-state index in [4.69, 9.17) is 9.84 Å². The monoisotopic (exact) mass is 166 g/mol. The van der Waals surface area contributed by atoms with E-state index in [1.165, 1.54) is 19.3 Å². The highest BCUT2D eigenvalue weighted by Crippen LogP contribution is 2.38. The Labute approximate surface area is 70.5 Å². The summed E-state index contributed by atoms with van der Waals surface area (Å²) in [6, 6.07) is 3.00. The highest BCUT2D eigenvalue weighted by molar-refractivity contribution is 5.64. The minimum Gasteiger partial charge on any atom is -0.504 e. The first kappa shape index (κ1) is 8.46. The van der Waals surface area contributed by atoms with E-state index >= 15 is 0 Å². The zero-order valence-corrected chi connectivity index (χ0v) is 6.74. The van der Waals surface area contributed by atoms with Gasteiger partial charge in [0.2, 0.25) is 5.75 Å². The van der Waals surface area contributed by atoms with Crippen LogP contribution in [-0.2, 0) is 0 Å². The van der Waals surface area contributed by atoms with Crippen molar-refractivity contribution in [2.24, 2.45) is 0 Å². The standard InChI is InChI=1S/C9H10O3/c1-3-6-4-5-7(10)8(11)9(6)12-2/h3-5,10-11H,1H2,2H3. The number of hydrogen-bond donors (Lipinski definition) is 2. The summed E-state index contributed by atoms with van der Waals surface area (Å²) in [6.45, 7) is 3.54. The van der Waals surface area contributed by atoms with Crippen LogP contribution in [0.25, 0.3) is 6.08 Å². The van der Waals surface area contributed by atoms with Crippen molar-refractivity contribution in [3.63, 3.8) is 0 Å². The number of ether oxygens (including phenoxy) is 1. The maximum absolute atomic E-state index is 9.29. The molecular formula is C9H10O3. The molecular weight excluding hydrogens is 156 g/mol. The van der Waals surface area contributed by atoms with Gasteiger partial charge in [-0.15, -0.1) is 0 Å². The van der Waals surface area contributed by atoms with Crippen LogP contribution in [-0.4, -0.2) is 17.3 Å². The lowest BCUT2D eigenvalue weighted by Crippen LogP contribution is -1.87. The van der Waals surface area contributed by atoms with Gasteiger partial charge in [-0.1, -0.05) is 12.7 Å². The molecule has 1 rings (SSSR count). The van der Waals surface area contributed by atoms with Gasteiger partial charge in [-0.2, -0.15) is 0 Å². The van der Waals surface area contributed by atoms with Gasteiger partial charge in [0.05, 0.1) is 7.11 Å². The maximum atomic E-state index is 9.29. The van der Waals surface area contributed by atoms with Crippen LogP contribution in [0, 0.1) is 0 Å². The molecule has 64 valence electrons. The summed E-state index contributed by atoms with van der Waals surface area (Å²) in [4.78, 5) is 0. The Bertz CT molecular complexity index is 305. The second-order valence-electron chi connectivity index (χ2n) is 2.26. The molecule has 0 heterocycles. The SMILES string of the molecule is C=Cc1ccc(O)c(O)c1OC. The molecule has 1 aromatic rings. The van der Waals surface area contributed by atoms with E-state index in [0.29, 0.717) is 5.56 Å². The predicted octanol–water partition coefficient (Wildman–Crippen LogP) is 1.75. The number of methoxy groups -OCH3 is 1. The molecule has 0 fully saturated rings. The topological polar surface area (TPSA) is 49.7 Å². The summed E-state index contributed by atoms with van der Waals surface area (Å²) < 4.78 is 4.87. The predicted molar refractivity (Wildman–Crippen MR) is 46.4 cm³/mol. The summed E-state index contributed by atoms with van der Waals surface area (Å²) in [5.74, 6) is -0.211. The highest BCUT2D eigenvalue weighted by atomic mass is 16.5. The molecule has 0 spiro atoms. The zero-order chi connectivity index (χ0) is 9.14. The highest BCUT2D eigenvalue weighted by Gasteiger charge is 2.09. The van der Waals surface area contributed by atoms with Gasteiger partial charge >= 0.3 is 0 Å². The second-order valence-corrected chi connectivity index (χ2v) is 2.26. The molecule has 2 N–H and O–H groups in total. The molecule has 12 heavy (non-hydrogen) atoms. The fourth-order valence-electron chi connectivity index (χ4n) is 0.952. The van der Waals surface area contributed by atoms with Gasteiger partial charge in [0.25, 0.3) is 0 Å². The molecule has 0 amide bonds. The molecule has 1 aromatic carbocycles. The molecule has 0 aromatic heterocycles. The first-order valence-electron chi connectivity index (χ1n) is 3.42. The Morgan fingerprint density at radius 2 is 2.08 bits per heavy atom. The third kappa shape index (κ3) is 1.21. The molecule has 0 bridgehead atoms. The van der Waals surface area contributed by atoms with Gasteiger partial charge in [-0.3, -0.25) is 0 Å². The van der Waals surface area contributed by atoms with E-state index < -0.39 is 0 Å². The number of benzene rings is 1. The van der Waals surface area contributed by atoms with Gasteiger partial charge < -0.3 is 14.9 Å². The quantitative estimate of drug-likeness (QED) is 0.658. The van der Waals surface area contributed by atoms with Crippen molar-refractivity contribution in [1.82, 2.24) is 0 Å². The molecule has 0 atom stereocenters. The molecule has 0 saturated carbocycles. The summed E-state index contributed by atoms with van der Waals surface area (Å²) in [6.07, 6.45) is 1.54. The van der Waals surface area contributed by atoms with Crippen molar-refractivity contribution in [2.45, 2.75) is 0 Å². The Kier molecular flexibility index (Phi) is 2.24. The van der Waals surface area contributed by atoms with E-state index in [-0.39, 0.29) is 17.2 Å². The molecule has 0 aliphatic rings. The lowest BCUT2D eigenvalue weighted by atomic mass is 10.1. The van der Waals surface area contributed by atoms with Crippen molar-refractivity contribution in [3.8, 4) is 17.2 Å². The fraction of sp³-hybridized carbons (Fsp3) is 0.111. The van der Waals surface area contributed by atoms with Crippen LogP contribution in [0.2, 0.25) is 0 Å². The van der Waals surface area contributed by atoms with Crippen molar-refractivity contribution >= 4 is 6.08 Å². The molecule has 0 radical (unpaired) electrons. The van der Waals surface area contributed by atoms with Crippen LogP contribution < -0.4 is 4.74 Å². The molecule has 3 nitrogen and oxygen atoms in total. The lowest BCUT2D eigenvalue weighted by Gasteiger charge is -2.07. The second kappa shape index (κ2) is 3.17. The van der Waals surface area contributed by atoms with Crippen LogP contribution in [0.15, 0.2) is 18.7 Å². The number of phenols is 2. The van der Waals surface area contributed by atoms with Crippen molar-refractivity contribution in [1.29, 1.82) is 0 Å². The first-order valence-corrected chi connectivity index (χ1v) is 3.42. The minimum atomic E-state index is -0.255. The van der Waals surface area contributed by atoms with E-state index in [1.54, 1.807) is 6.07 Å². The third-order valence-electron chi connectivity index (χ3n) is 1.56. The van der Waals surface area contributed by atoms with Crippen LogP contribution in [0.1, 0.15) is 5.56 Å². The largest absolute Gasteiger partial charge is 0.504 e. The number of rotatable bonds is 2. The molecule has 0 unspecified atom stereocenters. The van der Waals surface area contributed by atoms with Crippen LogP contribution >= 0.6 is 0 Å². The molecule has 0 aliphatic heterocycles. The van der Waals surface area contributed by atoms with Crippen LogP contribution in [0.5, 0.6) is 17.2 Å². The number of phenolic OH excluding ortho intramolecular Hbond substituents is 2. The van der Waals surface area contributed by atoms with Crippen molar-refractivity contribution in [3.05, 3.63) is 24.3 Å². The van der Waals surface area contributed by atoms with Gasteiger partial charge in [0, 0.05) is 5.56 Å². The minimum absolute atomic E-state index is 0.197. The Hall–Kier alpha value is -1.64. The van der Waals surface area contributed by atoms with Gasteiger partial charge in [0.1, 0.15) is 0 Å². The lowest BCUT2D eigenvalue weighted by molar-refractivity contribution is 0.350. The summed E-state index contributed by atoms with van der Waals surface area (Å²) in [5, 5.41) is 18.4. The van der Waals surface area contributed by atoms with E-state index in [1.807, 2.05) is 0 Å². The molecule has 3 heteroatoms. The molecule has 0 saturated heterocycles. The normalized spacial score (nSPS) is 9.42. The molecule has 0 aliphatic carbocycles. The van der Waals surface area contributed by atoms with Crippen LogP contribution in [0.3, 0.4) is 0 Å². The smallest absolute Gasteiger partial charge is 0.201 e. The van der Waals surface area contributed by atoms with Gasteiger partial charge in [0.15, 0.2) is 11.5 Å². The Balaban J connectivity index is 3.35. The Morgan fingerprint density at radius 3 is 2.58 bits per heavy atom. The van der Waals surface area contributed by atoms with E-state index in [0.717, 1.165) is 0 Å². The summed E-state index contributed by atoms with van der Waals surface area (Å²) in [5.41, 5.74) is 0.646. The maximum Gasteiger partial charge on any atom is 0.201 e. The van der Waals surface area contributed by atoms with Gasteiger partial charge in [-0.25, -0.2) is 0 Å². The average Bonchev–Trinajstić information content (AvgIpc) is 2.09. The van der Waals surface area contributed by atoms with Gasteiger partial charge in [-0.05, 0) is 12.1 Å². The fourth-order valence-corrected chi connectivity index (χ4v) is 0.952. The summed E-state index contributed by atoms with van der Waals surface area (Å²) in [7, 11) is 1.42. The summed E-state index contributed by atoms with van der Waals surface area (Å²) >= 11 is 0. The average molecular weight is 166 g/mol. The number of aromatic hydroxyl groups is 2. The first-order chi connectivity index (χ1) is 5.70. The zero-order valence-electron chi connectivity index (χ0n) is 6.74. The van der Waals surface area contributed by atoms with Crippen molar-refractivity contribution in [2.75, 3.05) is 7.11 Å².